The Hall–Kier alpha value is -2.33. The van der Waals surface area contributed by atoms with Crippen LogP contribution in [0.4, 0.5) is 0 Å². The topological polar surface area (TPSA) is 62.0 Å². The third-order valence-electron chi connectivity index (χ3n) is 3.06. The fourth-order valence-electron chi connectivity index (χ4n) is 2.02. The van der Waals surface area contributed by atoms with Crippen molar-refractivity contribution in [2.75, 3.05) is 6.54 Å². The first-order valence-electron chi connectivity index (χ1n) is 7.29. The molecule has 0 saturated carbocycles. The molecule has 22 heavy (non-hydrogen) atoms. The molecule has 2 rings (SSSR count). The molecule has 0 saturated heterocycles. The van der Waals surface area contributed by atoms with E-state index in [-0.39, 0.29) is 18.4 Å². The minimum atomic E-state index is -0.710. The highest BCUT2D eigenvalue weighted by molar-refractivity contribution is 5.83. The van der Waals surface area contributed by atoms with Gasteiger partial charge < -0.3 is 14.9 Å². The van der Waals surface area contributed by atoms with E-state index in [4.69, 9.17) is 4.74 Å². The summed E-state index contributed by atoms with van der Waals surface area (Å²) in [5, 5.41) is 19.8. The lowest BCUT2D eigenvalue weighted by Crippen LogP contribution is -2.07. The van der Waals surface area contributed by atoms with Crippen molar-refractivity contribution in [1.29, 1.82) is 0 Å². The average Bonchev–Trinajstić information content (AvgIpc) is 2.48. The van der Waals surface area contributed by atoms with Gasteiger partial charge in [-0.05, 0) is 43.7 Å². The predicted molar refractivity (Wildman–Crippen MR) is 87.7 cm³/mol. The molecular weight excluding hydrogens is 278 g/mol. The van der Waals surface area contributed by atoms with Gasteiger partial charge in [0.05, 0.1) is 18.8 Å². The molecule has 0 fully saturated rings. The van der Waals surface area contributed by atoms with Gasteiger partial charge in [0, 0.05) is 11.8 Å². The fourth-order valence-corrected chi connectivity index (χ4v) is 2.02. The van der Waals surface area contributed by atoms with E-state index in [0.717, 1.165) is 11.3 Å². The zero-order chi connectivity index (χ0) is 15.9. The Kier molecular flexibility index (Phi) is 5.55. The second-order valence-electron chi connectivity index (χ2n) is 5.31. The predicted octanol–water partition coefficient (Wildman–Crippen LogP) is 3.33. The van der Waals surface area contributed by atoms with Gasteiger partial charge >= 0.3 is 0 Å². The van der Waals surface area contributed by atoms with E-state index in [1.54, 1.807) is 24.4 Å². The van der Waals surface area contributed by atoms with Gasteiger partial charge in [-0.1, -0.05) is 24.3 Å². The first-order valence-corrected chi connectivity index (χ1v) is 7.29. The van der Waals surface area contributed by atoms with Crippen molar-refractivity contribution in [3.8, 4) is 11.5 Å². The summed E-state index contributed by atoms with van der Waals surface area (Å²) in [6.07, 6.45) is 0.941. The molecule has 0 amide bonds. The number of aliphatic hydroxyl groups excluding tert-OH is 1. The van der Waals surface area contributed by atoms with Crippen molar-refractivity contribution >= 4 is 6.21 Å². The molecular formula is C18H21NO3. The van der Waals surface area contributed by atoms with Gasteiger partial charge in [-0.3, -0.25) is 4.99 Å². The minimum Gasteiger partial charge on any atom is -0.507 e. The Balaban J connectivity index is 2.00. The summed E-state index contributed by atoms with van der Waals surface area (Å²) in [5.41, 5.74) is 1.39. The van der Waals surface area contributed by atoms with Crippen LogP contribution in [-0.4, -0.2) is 29.1 Å². The highest BCUT2D eigenvalue weighted by atomic mass is 16.5. The van der Waals surface area contributed by atoms with Crippen molar-refractivity contribution in [2.24, 2.45) is 4.99 Å². The smallest absolute Gasteiger partial charge is 0.124 e. The summed E-state index contributed by atoms with van der Waals surface area (Å²) in [7, 11) is 0. The summed E-state index contributed by atoms with van der Waals surface area (Å²) in [6.45, 7) is 4.14. The molecule has 2 aromatic rings. The Labute approximate surface area is 130 Å². The van der Waals surface area contributed by atoms with Gasteiger partial charge in [0.25, 0.3) is 0 Å². The van der Waals surface area contributed by atoms with Crippen molar-refractivity contribution < 1.29 is 14.9 Å². The Bertz CT molecular complexity index is 638. The van der Waals surface area contributed by atoms with E-state index < -0.39 is 6.10 Å². The van der Waals surface area contributed by atoms with Crippen LogP contribution in [0.1, 0.15) is 31.1 Å². The van der Waals surface area contributed by atoms with E-state index in [0.29, 0.717) is 5.56 Å². The lowest BCUT2D eigenvalue weighted by molar-refractivity contribution is 0.186. The third kappa shape index (κ3) is 4.60. The Morgan fingerprint density at radius 3 is 2.64 bits per heavy atom. The number of phenols is 1. The van der Waals surface area contributed by atoms with Crippen molar-refractivity contribution in [2.45, 2.75) is 26.1 Å². The molecule has 0 heterocycles. The first-order chi connectivity index (χ1) is 10.6. The molecule has 1 atom stereocenters. The number of aliphatic hydroxyl groups is 1. The number of nitrogens with zero attached hydrogens (tertiary/aromatic N) is 1. The number of ether oxygens (including phenoxy) is 1. The molecule has 116 valence electrons. The molecule has 0 aliphatic heterocycles. The van der Waals surface area contributed by atoms with E-state index in [2.05, 4.69) is 4.99 Å². The summed E-state index contributed by atoms with van der Waals surface area (Å²) in [5.74, 6) is 0.907. The summed E-state index contributed by atoms with van der Waals surface area (Å²) >= 11 is 0. The summed E-state index contributed by atoms with van der Waals surface area (Å²) in [6, 6.07) is 14.3. The normalized spacial score (nSPS) is 12.7. The van der Waals surface area contributed by atoms with Crippen LogP contribution in [0.2, 0.25) is 0 Å². The number of hydrogen-bond acceptors (Lipinski definition) is 4. The largest absolute Gasteiger partial charge is 0.507 e. The lowest BCUT2D eigenvalue weighted by atomic mass is 10.1. The lowest BCUT2D eigenvalue weighted by Gasteiger charge is -2.13. The molecule has 0 radical (unpaired) electrons. The number of aliphatic imine (C=N–C) groups is 1. The van der Waals surface area contributed by atoms with Crippen LogP contribution in [0.15, 0.2) is 53.5 Å². The highest BCUT2D eigenvalue weighted by Gasteiger charge is 2.08. The van der Waals surface area contributed by atoms with Gasteiger partial charge in [0.1, 0.15) is 11.5 Å². The fraction of sp³-hybridized carbons (Fsp3) is 0.278. The highest BCUT2D eigenvalue weighted by Crippen LogP contribution is 2.21. The van der Waals surface area contributed by atoms with Gasteiger partial charge in [0.2, 0.25) is 0 Å². The number of hydrogen-bond donors (Lipinski definition) is 2. The second kappa shape index (κ2) is 7.61. The van der Waals surface area contributed by atoms with Crippen LogP contribution in [0.5, 0.6) is 11.5 Å². The number of aromatic hydroxyl groups is 1. The first kappa shape index (κ1) is 16.0. The maximum atomic E-state index is 10.2. The van der Waals surface area contributed by atoms with Gasteiger partial charge in [0.15, 0.2) is 0 Å². The Morgan fingerprint density at radius 1 is 1.14 bits per heavy atom. The van der Waals surface area contributed by atoms with Crippen molar-refractivity contribution in [3.63, 3.8) is 0 Å². The molecule has 2 N–H and O–H groups in total. The zero-order valence-electron chi connectivity index (χ0n) is 12.8. The molecule has 0 aliphatic carbocycles. The third-order valence-corrected chi connectivity index (χ3v) is 3.06. The van der Waals surface area contributed by atoms with Crippen LogP contribution in [-0.2, 0) is 0 Å². The molecule has 1 unspecified atom stereocenters. The monoisotopic (exact) mass is 299 g/mol. The van der Waals surface area contributed by atoms with E-state index in [1.807, 2.05) is 44.2 Å². The van der Waals surface area contributed by atoms with E-state index in [9.17, 15) is 10.2 Å². The van der Waals surface area contributed by atoms with Crippen LogP contribution in [0.25, 0.3) is 0 Å². The van der Waals surface area contributed by atoms with E-state index in [1.165, 1.54) is 0 Å². The van der Waals surface area contributed by atoms with Crippen molar-refractivity contribution in [3.05, 3.63) is 59.7 Å². The number of benzene rings is 2. The van der Waals surface area contributed by atoms with Crippen LogP contribution in [0.3, 0.4) is 0 Å². The molecule has 0 aromatic heterocycles. The Morgan fingerprint density at radius 2 is 1.91 bits per heavy atom. The molecule has 2 aromatic carbocycles. The van der Waals surface area contributed by atoms with Crippen LogP contribution < -0.4 is 4.74 Å². The second-order valence-corrected chi connectivity index (χ2v) is 5.31. The molecule has 0 spiro atoms. The number of para-hydroxylation sites is 1. The zero-order valence-corrected chi connectivity index (χ0v) is 12.8. The SMILES string of the molecule is CC(C)Oc1cccc(C(O)CN=Cc2ccccc2O)c1. The van der Waals surface area contributed by atoms with E-state index >= 15 is 0 Å². The van der Waals surface area contributed by atoms with Crippen molar-refractivity contribution in [1.82, 2.24) is 0 Å². The standard InChI is InChI=1S/C18H21NO3/c1-13(2)22-16-8-5-7-14(10-16)18(21)12-19-11-15-6-3-4-9-17(15)20/h3-11,13,18,20-21H,12H2,1-2H3. The summed E-state index contributed by atoms with van der Waals surface area (Å²) in [4.78, 5) is 4.19. The minimum absolute atomic E-state index is 0.0893. The quantitative estimate of drug-likeness (QED) is 0.804. The van der Waals surface area contributed by atoms with Crippen LogP contribution in [0, 0.1) is 0 Å². The molecule has 4 nitrogen and oxygen atoms in total. The molecule has 0 bridgehead atoms. The number of phenolic OH excluding ortho intramolecular Hbond substituents is 1. The summed E-state index contributed by atoms with van der Waals surface area (Å²) < 4.78 is 5.61. The van der Waals surface area contributed by atoms with Gasteiger partial charge in [-0.25, -0.2) is 0 Å². The maximum Gasteiger partial charge on any atom is 0.124 e. The van der Waals surface area contributed by atoms with Gasteiger partial charge in [-0.15, -0.1) is 0 Å². The maximum absolute atomic E-state index is 10.2. The van der Waals surface area contributed by atoms with Crippen LogP contribution >= 0.6 is 0 Å². The molecule has 0 aliphatic rings. The molecule has 4 heteroatoms. The number of rotatable bonds is 6. The average molecular weight is 299 g/mol. The van der Waals surface area contributed by atoms with Gasteiger partial charge in [-0.2, -0.15) is 0 Å².